The Morgan fingerprint density at radius 2 is 1.80 bits per heavy atom. The molecule has 0 N–H and O–H groups in total. The fourth-order valence-electron chi connectivity index (χ4n) is 7.10. The smallest absolute Gasteiger partial charge is 0.305 e. The molecule has 4 heteroatoms. The van der Waals surface area contributed by atoms with E-state index in [1.54, 1.807) is 0 Å². The zero-order valence-corrected chi connectivity index (χ0v) is 24.4. The maximum atomic E-state index is 12.3. The highest BCUT2D eigenvalue weighted by Gasteiger charge is 2.42. The molecule has 212 valence electrons. The Hall–Kier alpha value is -3.14. The van der Waals surface area contributed by atoms with Crippen molar-refractivity contribution in [3.8, 4) is 5.75 Å². The molecule has 0 aromatic heterocycles. The first kappa shape index (κ1) is 28.4. The Morgan fingerprint density at radius 1 is 0.975 bits per heavy atom. The van der Waals surface area contributed by atoms with E-state index in [0.717, 1.165) is 61.0 Å². The molecule has 4 atom stereocenters. The number of unbranched alkanes of at least 4 members (excludes halogenated alkanes) is 1. The molecule has 0 aliphatic heterocycles. The first-order valence-electron chi connectivity index (χ1n) is 15.3. The highest BCUT2D eigenvalue weighted by atomic mass is 16.6. The highest BCUT2D eigenvalue weighted by Crippen LogP contribution is 2.48. The van der Waals surface area contributed by atoms with Gasteiger partial charge in [0.2, 0.25) is 0 Å². The third-order valence-corrected chi connectivity index (χ3v) is 9.21. The Morgan fingerprint density at radius 3 is 2.65 bits per heavy atom. The summed E-state index contributed by atoms with van der Waals surface area (Å²) in [5, 5.41) is 0. The molecule has 5 rings (SSSR count). The molecule has 2 aromatic carbocycles. The maximum absolute atomic E-state index is 12.3. The van der Waals surface area contributed by atoms with Crippen LogP contribution in [0.1, 0.15) is 92.0 Å². The van der Waals surface area contributed by atoms with E-state index in [1.165, 1.54) is 29.5 Å². The van der Waals surface area contributed by atoms with Gasteiger partial charge < -0.3 is 9.47 Å². The van der Waals surface area contributed by atoms with Crippen molar-refractivity contribution in [3.63, 3.8) is 0 Å². The number of hydrogen-bond donors (Lipinski definition) is 0. The number of rotatable bonds is 12. The van der Waals surface area contributed by atoms with Gasteiger partial charge in [-0.3, -0.25) is 9.59 Å². The number of hydrogen-bond acceptors (Lipinski definition) is 4. The van der Waals surface area contributed by atoms with Gasteiger partial charge in [-0.05, 0) is 85.6 Å². The molecular formula is C36H44O4. The summed E-state index contributed by atoms with van der Waals surface area (Å²) in [5.41, 5.74) is 7.41. The van der Waals surface area contributed by atoms with E-state index >= 15 is 0 Å². The topological polar surface area (TPSA) is 52.6 Å². The second kappa shape index (κ2) is 13.0. The average molecular weight is 541 g/mol. The van der Waals surface area contributed by atoms with Gasteiger partial charge in [0, 0.05) is 30.7 Å². The monoisotopic (exact) mass is 540 g/mol. The van der Waals surface area contributed by atoms with Gasteiger partial charge in [-0.1, -0.05) is 73.9 Å². The third kappa shape index (κ3) is 6.77. The molecule has 0 heterocycles. The number of ketones is 1. The third-order valence-electron chi connectivity index (χ3n) is 9.21. The number of fused-ring (bicyclic) bond motifs is 1. The summed E-state index contributed by atoms with van der Waals surface area (Å²) in [6.07, 6.45) is 15.3. The predicted molar refractivity (Wildman–Crippen MR) is 160 cm³/mol. The number of carbonyl (C=O) groups is 2. The molecule has 1 unspecified atom stereocenters. The summed E-state index contributed by atoms with van der Waals surface area (Å²) in [5.74, 6) is 3.32. The quantitative estimate of drug-likeness (QED) is 0.202. The summed E-state index contributed by atoms with van der Waals surface area (Å²) in [7, 11) is 0. The van der Waals surface area contributed by atoms with Crippen molar-refractivity contribution in [1.29, 1.82) is 0 Å². The first-order chi connectivity index (χ1) is 19.4. The Bertz CT molecular complexity index is 1290. The lowest BCUT2D eigenvalue weighted by atomic mass is 9.88. The van der Waals surface area contributed by atoms with Crippen LogP contribution in [0, 0.1) is 31.6 Å². The standard InChI is InChI=1S/C36H44O4/c1-4-26-11-9-24(2)19-33(26)29-15-14-28(21-29)32-16-10-25(3)20-35(32)39-17-18-40-36(38)8-6-5-7-27-12-13-30-22-31(37)23-34(27)30/h9-11,14-16,19-21,27,29-30,34H,4-8,12-13,17-18,22-23H2,1-3H3/t27-,29?,30-,34-/m1/s1. The van der Waals surface area contributed by atoms with Crippen molar-refractivity contribution in [2.24, 2.45) is 17.8 Å². The summed E-state index contributed by atoms with van der Waals surface area (Å²) in [6, 6.07) is 13.0. The summed E-state index contributed by atoms with van der Waals surface area (Å²) < 4.78 is 11.6. The van der Waals surface area contributed by atoms with E-state index in [4.69, 9.17) is 9.47 Å². The van der Waals surface area contributed by atoms with Crippen LogP contribution in [0.25, 0.3) is 5.57 Å². The second-order valence-corrected chi connectivity index (χ2v) is 12.1. The molecule has 40 heavy (non-hydrogen) atoms. The van der Waals surface area contributed by atoms with E-state index in [0.29, 0.717) is 36.6 Å². The van der Waals surface area contributed by atoms with Gasteiger partial charge >= 0.3 is 5.97 Å². The SMILES string of the molecule is CCc1ccc(C)cc1C1C=CC(c2ccc(C)cc2OCCOC(=O)CCCC[C@@H]2CC[C@@H]3CC(=O)C[C@H]23)=C1. The molecule has 2 fully saturated rings. The molecule has 0 bridgehead atoms. The average Bonchev–Trinajstić information content (AvgIpc) is 3.66. The van der Waals surface area contributed by atoms with Gasteiger partial charge in [0.15, 0.2) is 0 Å². The number of esters is 1. The van der Waals surface area contributed by atoms with Crippen LogP contribution in [-0.2, 0) is 20.7 Å². The number of allylic oxidation sites excluding steroid dienone is 4. The minimum Gasteiger partial charge on any atom is -0.489 e. The lowest BCUT2D eigenvalue weighted by Gasteiger charge is -2.17. The van der Waals surface area contributed by atoms with E-state index in [9.17, 15) is 9.59 Å². The zero-order chi connectivity index (χ0) is 28.1. The van der Waals surface area contributed by atoms with Gasteiger partial charge in [-0.25, -0.2) is 0 Å². The predicted octanol–water partition coefficient (Wildman–Crippen LogP) is 8.09. The Kier molecular flexibility index (Phi) is 9.24. The molecular weight excluding hydrogens is 496 g/mol. The van der Waals surface area contributed by atoms with Gasteiger partial charge in [0.05, 0.1) is 0 Å². The van der Waals surface area contributed by atoms with Gasteiger partial charge in [-0.2, -0.15) is 0 Å². The van der Waals surface area contributed by atoms with Crippen molar-refractivity contribution in [2.45, 2.75) is 84.5 Å². The van der Waals surface area contributed by atoms with Gasteiger partial charge in [0.25, 0.3) is 0 Å². The Balaban J connectivity index is 1.08. The number of ether oxygens (including phenoxy) is 2. The van der Waals surface area contributed by atoms with Crippen LogP contribution in [-0.4, -0.2) is 25.0 Å². The van der Waals surface area contributed by atoms with Gasteiger partial charge in [0.1, 0.15) is 24.7 Å². The molecule has 4 nitrogen and oxygen atoms in total. The lowest BCUT2D eigenvalue weighted by molar-refractivity contribution is -0.144. The molecule has 0 amide bonds. The summed E-state index contributed by atoms with van der Waals surface area (Å²) >= 11 is 0. The van der Waals surface area contributed by atoms with Crippen molar-refractivity contribution in [3.05, 3.63) is 82.4 Å². The van der Waals surface area contributed by atoms with Crippen molar-refractivity contribution in [1.82, 2.24) is 0 Å². The highest BCUT2D eigenvalue weighted by molar-refractivity contribution is 5.82. The van der Waals surface area contributed by atoms with Crippen LogP contribution < -0.4 is 4.74 Å². The first-order valence-corrected chi connectivity index (χ1v) is 15.3. The van der Waals surface area contributed by atoms with E-state index in [2.05, 4.69) is 75.4 Å². The minimum atomic E-state index is -0.150. The number of aryl methyl sites for hydroxylation is 3. The van der Waals surface area contributed by atoms with Gasteiger partial charge in [-0.15, -0.1) is 0 Å². The van der Waals surface area contributed by atoms with Crippen LogP contribution >= 0.6 is 0 Å². The molecule has 0 radical (unpaired) electrons. The minimum absolute atomic E-state index is 0.150. The van der Waals surface area contributed by atoms with Crippen LogP contribution in [0.4, 0.5) is 0 Å². The van der Waals surface area contributed by atoms with Crippen molar-refractivity contribution < 1.29 is 19.1 Å². The fraction of sp³-hybridized carbons (Fsp3) is 0.500. The summed E-state index contributed by atoms with van der Waals surface area (Å²) in [6.45, 7) is 7.01. The van der Waals surface area contributed by atoms with Crippen LogP contribution in [0.3, 0.4) is 0 Å². The molecule has 3 aliphatic carbocycles. The maximum Gasteiger partial charge on any atom is 0.305 e. The van der Waals surface area contributed by atoms with Crippen molar-refractivity contribution in [2.75, 3.05) is 13.2 Å². The number of carbonyl (C=O) groups excluding carboxylic acids is 2. The summed E-state index contributed by atoms with van der Waals surface area (Å²) in [4.78, 5) is 24.1. The molecule has 2 aromatic rings. The molecule has 2 saturated carbocycles. The van der Waals surface area contributed by atoms with Crippen LogP contribution in [0.2, 0.25) is 0 Å². The largest absolute Gasteiger partial charge is 0.489 e. The number of Topliss-reactive ketones (excluding diaryl/α,β-unsaturated/α-hetero) is 1. The second-order valence-electron chi connectivity index (χ2n) is 12.1. The van der Waals surface area contributed by atoms with E-state index in [1.807, 2.05) is 0 Å². The molecule has 0 spiro atoms. The number of benzene rings is 2. The van der Waals surface area contributed by atoms with Crippen LogP contribution in [0.15, 0.2) is 54.6 Å². The fourth-order valence-corrected chi connectivity index (χ4v) is 7.10. The normalized spacial score (nSPS) is 23.4. The molecule has 0 saturated heterocycles. The molecule has 3 aliphatic rings. The van der Waals surface area contributed by atoms with E-state index < -0.39 is 0 Å². The zero-order valence-electron chi connectivity index (χ0n) is 24.4. The van der Waals surface area contributed by atoms with E-state index in [-0.39, 0.29) is 18.5 Å². The Labute approximate surface area is 239 Å². The lowest BCUT2D eigenvalue weighted by Crippen LogP contribution is -2.13. The van der Waals surface area contributed by atoms with Crippen LogP contribution in [0.5, 0.6) is 5.75 Å². The van der Waals surface area contributed by atoms with Crippen molar-refractivity contribution >= 4 is 17.3 Å².